The molecule has 4 aliphatic carbocycles. The van der Waals surface area contributed by atoms with Crippen molar-refractivity contribution in [3.05, 3.63) is 83.4 Å². The molecule has 4 nitrogen and oxygen atoms in total. The second-order valence-electron chi connectivity index (χ2n) is 12.3. The average Bonchev–Trinajstić information content (AvgIpc) is 3.25. The Kier molecular flexibility index (Phi) is 6.25. The van der Waals surface area contributed by atoms with E-state index >= 15 is 0 Å². The molecule has 0 spiro atoms. The Morgan fingerprint density at radius 3 is 2.08 bits per heavy atom. The molecule has 3 saturated carbocycles. The number of ether oxygens (including phenoxy) is 2. The van der Waals surface area contributed by atoms with Gasteiger partial charge in [0.15, 0.2) is 0 Å². The quantitative estimate of drug-likeness (QED) is 0.325. The zero-order valence-corrected chi connectivity index (χ0v) is 22.0. The number of fused-ring (bicyclic) bond motifs is 5. The van der Waals surface area contributed by atoms with Gasteiger partial charge in [-0.05, 0) is 92.4 Å². The lowest BCUT2D eigenvalue weighted by Crippen LogP contribution is -2.51. The van der Waals surface area contributed by atoms with E-state index < -0.39 is 0 Å². The first-order valence-corrected chi connectivity index (χ1v) is 14.1. The molecule has 0 N–H and O–H groups in total. The van der Waals surface area contributed by atoms with E-state index in [0.29, 0.717) is 28.9 Å². The monoisotopic (exact) mass is 498 g/mol. The van der Waals surface area contributed by atoms with Gasteiger partial charge in [0, 0.05) is 11.8 Å². The van der Waals surface area contributed by atoms with Gasteiger partial charge in [-0.15, -0.1) is 0 Å². The maximum Gasteiger partial charge on any atom is 0.338 e. The van der Waals surface area contributed by atoms with Crippen molar-refractivity contribution >= 4 is 11.9 Å². The summed E-state index contributed by atoms with van der Waals surface area (Å²) in [5, 5.41) is 0. The number of carbonyl (C=O) groups excluding carboxylic acids is 2. The van der Waals surface area contributed by atoms with Gasteiger partial charge in [-0.25, -0.2) is 9.59 Å². The molecule has 6 rings (SSSR count). The first-order chi connectivity index (χ1) is 17.9. The fraction of sp³-hybridized carbons (Fsp3) is 0.515. The summed E-state index contributed by atoms with van der Waals surface area (Å²) in [6.45, 7) is 4.85. The normalized spacial score (nSPS) is 36.4. The van der Waals surface area contributed by atoms with E-state index in [1.165, 1.54) is 12.0 Å². The second kappa shape index (κ2) is 9.45. The van der Waals surface area contributed by atoms with E-state index in [2.05, 4.69) is 19.9 Å². The Bertz CT molecular complexity index is 1190. The van der Waals surface area contributed by atoms with Gasteiger partial charge in [0.2, 0.25) is 0 Å². The number of esters is 2. The SMILES string of the molecule is C[C@]12CC[C@H]3[C@@H](CC=C4C[C@@H](OC(=O)c5ccccc5)CC[C@@]43C)[C@@H]1CC[C@@H]2OC(=O)c1ccccc1. The van der Waals surface area contributed by atoms with Crippen LogP contribution in [0.5, 0.6) is 0 Å². The summed E-state index contributed by atoms with van der Waals surface area (Å²) in [4.78, 5) is 25.5. The molecule has 4 heteroatoms. The van der Waals surface area contributed by atoms with Crippen molar-refractivity contribution < 1.29 is 19.1 Å². The van der Waals surface area contributed by atoms with E-state index in [9.17, 15) is 9.59 Å². The molecular weight excluding hydrogens is 460 g/mol. The highest BCUT2D eigenvalue weighted by Gasteiger charge is 2.59. The van der Waals surface area contributed by atoms with Crippen LogP contribution in [-0.2, 0) is 9.47 Å². The van der Waals surface area contributed by atoms with Crippen LogP contribution in [0.3, 0.4) is 0 Å². The molecule has 0 bridgehead atoms. The van der Waals surface area contributed by atoms with Crippen LogP contribution < -0.4 is 0 Å². The summed E-state index contributed by atoms with van der Waals surface area (Å²) in [6, 6.07) is 18.7. The van der Waals surface area contributed by atoms with Crippen molar-refractivity contribution in [2.75, 3.05) is 0 Å². The largest absolute Gasteiger partial charge is 0.458 e. The van der Waals surface area contributed by atoms with Gasteiger partial charge in [-0.3, -0.25) is 0 Å². The number of rotatable bonds is 4. The minimum absolute atomic E-state index is 0.00234. The second-order valence-corrected chi connectivity index (χ2v) is 12.3. The maximum absolute atomic E-state index is 12.9. The fourth-order valence-corrected chi connectivity index (χ4v) is 8.44. The smallest absolute Gasteiger partial charge is 0.338 e. The highest BCUT2D eigenvalue weighted by molar-refractivity contribution is 5.90. The Morgan fingerprint density at radius 1 is 0.757 bits per heavy atom. The van der Waals surface area contributed by atoms with Crippen LogP contribution in [-0.4, -0.2) is 24.1 Å². The summed E-state index contributed by atoms with van der Waals surface area (Å²) in [7, 11) is 0. The van der Waals surface area contributed by atoms with Crippen molar-refractivity contribution in [2.24, 2.45) is 28.6 Å². The lowest BCUT2D eigenvalue weighted by molar-refractivity contribution is -0.0787. The molecule has 0 amide bonds. The molecule has 4 aliphatic rings. The van der Waals surface area contributed by atoms with Crippen LogP contribution in [0.25, 0.3) is 0 Å². The van der Waals surface area contributed by atoms with Crippen molar-refractivity contribution in [2.45, 2.75) is 77.4 Å². The van der Waals surface area contributed by atoms with Crippen LogP contribution in [0.15, 0.2) is 72.3 Å². The maximum atomic E-state index is 12.9. The highest BCUT2D eigenvalue weighted by Crippen LogP contribution is 2.65. The van der Waals surface area contributed by atoms with Gasteiger partial charge in [-0.2, -0.15) is 0 Å². The molecule has 0 aromatic heterocycles. The highest BCUT2D eigenvalue weighted by atomic mass is 16.5. The van der Waals surface area contributed by atoms with E-state index in [4.69, 9.17) is 9.47 Å². The molecule has 194 valence electrons. The summed E-state index contributed by atoms with van der Waals surface area (Å²) in [5.74, 6) is 1.48. The zero-order valence-electron chi connectivity index (χ0n) is 22.0. The lowest BCUT2D eigenvalue weighted by Gasteiger charge is -2.57. The molecular formula is C33H38O4. The molecule has 0 heterocycles. The molecule has 7 atom stereocenters. The number of benzene rings is 2. The van der Waals surface area contributed by atoms with E-state index in [1.54, 1.807) is 0 Å². The summed E-state index contributed by atoms with van der Waals surface area (Å²) in [6.07, 6.45) is 10.8. The third-order valence-corrected chi connectivity index (χ3v) is 10.5. The summed E-state index contributed by atoms with van der Waals surface area (Å²) in [5.41, 5.74) is 3.00. The molecule has 0 radical (unpaired) electrons. The van der Waals surface area contributed by atoms with Crippen molar-refractivity contribution in [3.8, 4) is 0 Å². The van der Waals surface area contributed by atoms with Crippen LogP contribution in [0.2, 0.25) is 0 Å². The van der Waals surface area contributed by atoms with Crippen molar-refractivity contribution in [1.82, 2.24) is 0 Å². The number of hydrogen-bond acceptors (Lipinski definition) is 4. The lowest BCUT2D eigenvalue weighted by atomic mass is 9.48. The topological polar surface area (TPSA) is 52.6 Å². The Morgan fingerprint density at radius 2 is 1.41 bits per heavy atom. The Labute approximate surface area is 220 Å². The predicted octanol–water partition coefficient (Wildman–Crippen LogP) is 7.40. The molecule has 2 aromatic rings. The van der Waals surface area contributed by atoms with E-state index in [1.807, 2.05) is 60.7 Å². The third kappa shape index (κ3) is 4.23. The Balaban J connectivity index is 1.15. The summed E-state index contributed by atoms with van der Waals surface area (Å²) >= 11 is 0. The first-order valence-electron chi connectivity index (χ1n) is 14.1. The van der Waals surface area contributed by atoms with Gasteiger partial charge in [0.25, 0.3) is 0 Å². The number of allylic oxidation sites excluding steroid dienone is 1. The van der Waals surface area contributed by atoms with Crippen molar-refractivity contribution in [3.63, 3.8) is 0 Å². The molecule has 2 aromatic carbocycles. The van der Waals surface area contributed by atoms with Crippen LogP contribution in [0, 0.1) is 28.6 Å². The predicted molar refractivity (Wildman–Crippen MR) is 143 cm³/mol. The molecule has 37 heavy (non-hydrogen) atoms. The van der Waals surface area contributed by atoms with E-state index in [0.717, 1.165) is 44.9 Å². The van der Waals surface area contributed by atoms with Gasteiger partial charge in [-0.1, -0.05) is 61.9 Å². The molecule has 0 unspecified atom stereocenters. The average molecular weight is 499 g/mol. The van der Waals surface area contributed by atoms with Crippen LogP contribution in [0.1, 0.15) is 85.9 Å². The minimum atomic E-state index is -0.209. The van der Waals surface area contributed by atoms with E-state index in [-0.39, 0.29) is 35.0 Å². The first kappa shape index (κ1) is 24.5. The number of carbonyl (C=O) groups is 2. The molecule has 0 aliphatic heterocycles. The van der Waals surface area contributed by atoms with Gasteiger partial charge in [0.1, 0.15) is 12.2 Å². The third-order valence-electron chi connectivity index (χ3n) is 10.5. The fourth-order valence-electron chi connectivity index (χ4n) is 8.44. The minimum Gasteiger partial charge on any atom is -0.458 e. The van der Waals surface area contributed by atoms with Gasteiger partial charge in [0.05, 0.1) is 11.1 Å². The standard InChI is InChI=1S/C33H38O4/c1-32-19-17-25(36-30(34)22-9-5-3-6-10-22)21-24(32)13-14-26-27-15-16-29(33(27,2)20-18-28(26)32)37-31(35)23-11-7-4-8-12-23/h3-13,25-29H,14-21H2,1-2H3/t25-,26-,27-,28-,29-,32-,33-/m0/s1. The molecule has 0 saturated heterocycles. The molecule has 3 fully saturated rings. The number of hydrogen-bond donors (Lipinski definition) is 0. The van der Waals surface area contributed by atoms with Gasteiger partial charge >= 0.3 is 11.9 Å². The summed E-state index contributed by atoms with van der Waals surface area (Å²) < 4.78 is 12.1. The Hall–Kier alpha value is -2.88. The van der Waals surface area contributed by atoms with Crippen LogP contribution in [0.4, 0.5) is 0 Å². The zero-order chi connectivity index (χ0) is 25.6. The van der Waals surface area contributed by atoms with Crippen LogP contribution >= 0.6 is 0 Å². The van der Waals surface area contributed by atoms with Crippen molar-refractivity contribution in [1.29, 1.82) is 0 Å². The van der Waals surface area contributed by atoms with Gasteiger partial charge < -0.3 is 9.47 Å².